The van der Waals surface area contributed by atoms with E-state index < -0.39 is 5.54 Å². The van der Waals surface area contributed by atoms with E-state index in [4.69, 9.17) is 10.5 Å². The number of nitrogens with two attached hydrogens (primary N) is 1. The summed E-state index contributed by atoms with van der Waals surface area (Å²) in [5.74, 6) is 0.804. The van der Waals surface area contributed by atoms with Gasteiger partial charge in [0.2, 0.25) is 0 Å². The van der Waals surface area contributed by atoms with Crippen molar-refractivity contribution < 1.29 is 9.84 Å². The van der Waals surface area contributed by atoms with Crippen molar-refractivity contribution in [3.05, 3.63) is 35.9 Å². The Labute approximate surface area is 108 Å². The van der Waals surface area contributed by atoms with Gasteiger partial charge in [0.1, 0.15) is 0 Å². The van der Waals surface area contributed by atoms with Crippen molar-refractivity contribution in [3.63, 3.8) is 0 Å². The van der Waals surface area contributed by atoms with E-state index in [9.17, 15) is 5.11 Å². The molecule has 3 N–H and O–H groups in total. The van der Waals surface area contributed by atoms with Gasteiger partial charge >= 0.3 is 0 Å². The molecule has 1 saturated carbocycles. The average Bonchev–Trinajstić information content (AvgIpc) is 3.25. The largest absolute Gasteiger partial charge is 0.396 e. The van der Waals surface area contributed by atoms with E-state index in [0.29, 0.717) is 18.6 Å². The summed E-state index contributed by atoms with van der Waals surface area (Å²) in [5, 5.41) is 9.67. The van der Waals surface area contributed by atoms with Gasteiger partial charge in [-0.05, 0) is 30.7 Å². The minimum Gasteiger partial charge on any atom is -0.396 e. The summed E-state index contributed by atoms with van der Waals surface area (Å²) in [6, 6.07) is 10.0. The van der Waals surface area contributed by atoms with E-state index in [1.807, 2.05) is 30.3 Å². The van der Waals surface area contributed by atoms with Crippen molar-refractivity contribution in [3.8, 4) is 0 Å². The van der Waals surface area contributed by atoms with Gasteiger partial charge in [-0.25, -0.2) is 0 Å². The Hall–Kier alpha value is -0.900. The maximum absolute atomic E-state index is 9.67. The van der Waals surface area contributed by atoms with Crippen LogP contribution in [-0.4, -0.2) is 24.4 Å². The third-order valence-corrected chi connectivity index (χ3v) is 4.46. The maximum Gasteiger partial charge on any atom is 0.0698 e. The molecule has 0 amide bonds. The van der Waals surface area contributed by atoms with Gasteiger partial charge in [0.05, 0.1) is 18.2 Å². The van der Waals surface area contributed by atoms with Crippen LogP contribution in [0.4, 0.5) is 0 Å². The standard InChI is InChI=1S/C15H21NO2/c16-15(12-4-2-1-3-5-12)10-18-14(11-6-7-11)8-13(15)9-17/h1-5,11,13-14,17H,6-10,16H2/t13-,14+,15+/m1/s1. The predicted molar refractivity (Wildman–Crippen MR) is 70.0 cm³/mol. The molecule has 2 fully saturated rings. The Morgan fingerprint density at radius 2 is 2.00 bits per heavy atom. The van der Waals surface area contributed by atoms with E-state index >= 15 is 0 Å². The van der Waals surface area contributed by atoms with Crippen LogP contribution < -0.4 is 5.73 Å². The maximum atomic E-state index is 9.67. The van der Waals surface area contributed by atoms with Crippen LogP contribution in [0.2, 0.25) is 0 Å². The molecule has 0 radical (unpaired) electrons. The third kappa shape index (κ3) is 2.07. The van der Waals surface area contributed by atoms with Gasteiger partial charge in [-0.3, -0.25) is 0 Å². The van der Waals surface area contributed by atoms with Crippen molar-refractivity contribution in [1.82, 2.24) is 0 Å². The highest BCUT2D eigenvalue weighted by atomic mass is 16.5. The lowest BCUT2D eigenvalue weighted by atomic mass is 9.74. The fourth-order valence-corrected chi connectivity index (χ4v) is 3.02. The molecular weight excluding hydrogens is 226 g/mol. The summed E-state index contributed by atoms with van der Waals surface area (Å²) in [4.78, 5) is 0. The predicted octanol–water partition coefficient (Wildman–Crippen LogP) is 1.65. The lowest BCUT2D eigenvalue weighted by molar-refractivity contribution is -0.0833. The molecule has 98 valence electrons. The number of benzene rings is 1. The zero-order chi connectivity index (χ0) is 12.6. The van der Waals surface area contributed by atoms with Crippen LogP contribution >= 0.6 is 0 Å². The van der Waals surface area contributed by atoms with Crippen molar-refractivity contribution in [1.29, 1.82) is 0 Å². The van der Waals surface area contributed by atoms with Crippen LogP contribution in [-0.2, 0) is 10.3 Å². The van der Waals surface area contributed by atoms with Gasteiger partial charge < -0.3 is 15.6 Å². The van der Waals surface area contributed by atoms with E-state index in [1.54, 1.807) is 0 Å². The number of hydrogen-bond acceptors (Lipinski definition) is 3. The molecule has 1 aromatic carbocycles. The van der Waals surface area contributed by atoms with Gasteiger partial charge in [0.15, 0.2) is 0 Å². The molecule has 0 unspecified atom stereocenters. The molecule has 3 heteroatoms. The Morgan fingerprint density at radius 3 is 2.61 bits per heavy atom. The number of rotatable bonds is 3. The van der Waals surface area contributed by atoms with Crippen LogP contribution in [0.15, 0.2) is 30.3 Å². The van der Waals surface area contributed by atoms with Crippen LogP contribution in [0.1, 0.15) is 24.8 Å². The SMILES string of the molecule is N[C@]1(c2ccccc2)CO[C@H](C2CC2)C[C@@H]1CO. The molecule has 1 aliphatic heterocycles. The van der Waals surface area contributed by atoms with E-state index in [0.717, 1.165) is 12.0 Å². The summed E-state index contributed by atoms with van der Waals surface area (Å²) < 4.78 is 5.97. The molecule has 2 aliphatic rings. The Kier molecular flexibility index (Phi) is 3.14. The quantitative estimate of drug-likeness (QED) is 0.854. The molecule has 18 heavy (non-hydrogen) atoms. The average molecular weight is 247 g/mol. The highest BCUT2D eigenvalue weighted by Crippen LogP contribution is 2.43. The van der Waals surface area contributed by atoms with E-state index in [2.05, 4.69) is 0 Å². The minimum atomic E-state index is -0.540. The van der Waals surface area contributed by atoms with Crippen LogP contribution in [0, 0.1) is 11.8 Å². The minimum absolute atomic E-state index is 0.0965. The Bertz CT molecular complexity index is 404. The molecule has 0 bridgehead atoms. The molecule has 1 aromatic rings. The van der Waals surface area contributed by atoms with E-state index in [-0.39, 0.29) is 12.5 Å². The summed E-state index contributed by atoms with van der Waals surface area (Å²) in [6.07, 6.45) is 3.73. The van der Waals surface area contributed by atoms with Gasteiger partial charge in [0.25, 0.3) is 0 Å². The summed E-state index contributed by atoms with van der Waals surface area (Å²) >= 11 is 0. The molecule has 3 atom stereocenters. The molecule has 3 nitrogen and oxygen atoms in total. The molecule has 3 rings (SSSR count). The Balaban J connectivity index is 1.82. The normalized spacial score (nSPS) is 36.6. The van der Waals surface area contributed by atoms with Crippen molar-refractivity contribution >= 4 is 0 Å². The van der Waals surface area contributed by atoms with Crippen molar-refractivity contribution in [2.24, 2.45) is 17.6 Å². The fourth-order valence-electron chi connectivity index (χ4n) is 3.02. The molecule has 0 aromatic heterocycles. The topological polar surface area (TPSA) is 55.5 Å². The fraction of sp³-hybridized carbons (Fsp3) is 0.600. The lowest BCUT2D eigenvalue weighted by Crippen LogP contribution is -2.55. The van der Waals surface area contributed by atoms with Gasteiger partial charge in [-0.1, -0.05) is 30.3 Å². The zero-order valence-corrected chi connectivity index (χ0v) is 10.6. The summed E-state index contributed by atoms with van der Waals surface area (Å²) in [7, 11) is 0. The lowest BCUT2D eigenvalue weighted by Gasteiger charge is -2.44. The molecule has 1 aliphatic carbocycles. The molecule has 0 spiro atoms. The smallest absolute Gasteiger partial charge is 0.0698 e. The Morgan fingerprint density at radius 1 is 1.28 bits per heavy atom. The first-order valence-corrected chi connectivity index (χ1v) is 6.81. The van der Waals surface area contributed by atoms with Gasteiger partial charge in [-0.2, -0.15) is 0 Å². The van der Waals surface area contributed by atoms with Crippen molar-refractivity contribution in [2.75, 3.05) is 13.2 Å². The number of ether oxygens (including phenoxy) is 1. The van der Waals surface area contributed by atoms with Crippen molar-refractivity contribution in [2.45, 2.75) is 30.9 Å². The van der Waals surface area contributed by atoms with Gasteiger partial charge in [-0.15, -0.1) is 0 Å². The van der Waals surface area contributed by atoms with Crippen LogP contribution in [0.3, 0.4) is 0 Å². The monoisotopic (exact) mass is 247 g/mol. The van der Waals surface area contributed by atoms with Crippen LogP contribution in [0.25, 0.3) is 0 Å². The number of hydrogen-bond donors (Lipinski definition) is 2. The highest BCUT2D eigenvalue weighted by Gasteiger charge is 2.46. The number of aliphatic hydroxyl groups excluding tert-OH is 1. The second kappa shape index (κ2) is 4.65. The first kappa shape index (κ1) is 12.2. The molecule has 1 saturated heterocycles. The van der Waals surface area contributed by atoms with Gasteiger partial charge in [0, 0.05) is 12.5 Å². The van der Waals surface area contributed by atoms with Crippen LogP contribution in [0.5, 0.6) is 0 Å². The summed E-state index contributed by atoms with van der Waals surface area (Å²) in [6.45, 7) is 0.654. The highest BCUT2D eigenvalue weighted by molar-refractivity contribution is 5.26. The molecule has 1 heterocycles. The first-order chi connectivity index (χ1) is 8.74. The first-order valence-electron chi connectivity index (χ1n) is 6.81. The van der Waals surface area contributed by atoms with E-state index in [1.165, 1.54) is 12.8 Å². The second-order valence-corrected chi connectivity index (χ2v) is 5.71. The third-order valence-electron chi connectivity index (χ3n) is 4.46. The summed E-state index contributed by atoms with van der Waals surface area (Å²) in [5.41, 5.74) is 7.06. The molecular formula is C15H21NO2. The zero-order valence-electron chi connectivity index (χ0n) is 10.6. The number of aliphatic hydroxyl groups is 1. The second-order valence-electron chi connectivity index (χ2n) is 5.71.